The minimum Gasteiger partial charge on any atom is -0.457 e. The number of carbonyl (C=O) groups excluding carboxylic acids is 2. The molecular weight excluding hydrogens is 653 g/mol. The summed E-state index contributed by atoms with van der Waals surface area (Å²) < 4.78 is 79.2. The first-order valence-corrected chi connectivity index (χ1v) is 16.9. The van der Waals surface area contributed by atoms with Crippen LogP contribution in [0.25, 0.3) is 11.1 Å². The Hall–Kier alpha value is -4.51. The molecule has 264 valence electrons. The van der Waals surface area contributed by atoms with Gasteiger partial charge in [-0.3, -0.25) is 14.5 Å². The van der Waals surface area contributed by atoms with Crippen molar-refractivity contribution in [3.63, 3.8) is 0 Å². The summed E-state index contributed by atoms with van der Waals surface area (Å²) in [5, 5.41) is 3.02. The van der Waals surface area contributed by atoms with E-state index in [4.69, 9.17) is 4.74 Å². The zero-order valence-electron chi connectivity index (χ0n) is 28.2. The van der Waals surface area contributed by atoms with E-state index >= 15 is 4.39 Å². The smallest absolute Gasteiger partial charge is 0.416 e. The number of likely N-dealkylation sites (N-methyl/N-ethyl adjacent to an activating group) is 1. The van der Waals surface area contributed by atoms with Gasteiger partial charge in [0.15, 0.2) is 0 Å². The van der Waals surface area contributed by atoms with Crippen LogP contribution < -0.4 is 10.1 Å². The molecule has 1 N–H and O–H groups in total. The minimum absolute atomic E-state index is 0.0673. The van der Waals surface area contributed by atoms with Crippen LogP contribution in [-0.2, 0) is 9.59 Å². The molecule has 6 rings (SSSR count). The highest BCUT2D eigenvalue weighted by Gasteiger charge is 2.38. The van der Waals surface area contributed by atoms with Gasteiger partial charge < -0.3 is 15.0 Å². The highest BCUT2D eigenvalue weighted by atomic mass is 19.4. The molecule has 11 heteroatoms. The number of aryl methyl sites for hydroxylation is 1. The van der Waals surface area contributed by atoms with E-state index in [9.17, 15) is 27.2 Å². The maximum Gasteiger partial charge on any atom is 0.416 e. The second kappa shape index (κ2) is 14.4. The van der Waals surface area contributed by atoms with Crippen molar-refractivity contribution in [1.29, 1.82) is 0 Å². The van der Waals surface area contributed by atoms with Gasteiger partial charge in [-0.1, -0.05) is 31.2 Å². The van der Waals surface area contributed by atoms with E-state index in [2.05, 4.69) is 5.32 Å². The summed E-state index contributed by atoms with van der Waals surface area (Å²) in [4.78, 5) is 28.8. The van der Waals surface area contributed by atoms with E-state index in [1.54, 1.807) is 35.2 Å². The maximum absolute atomic E-state index is 16.3. The van der Waals surface area contributed by atoms with Gasteiger partial charge >= 0.3 is 6.18 Å². The fourth-order valence-corrected chi connectivity index (χ4v) is 6.96. The average molecular weight is 694 g/mol. The van der Waals surface area contributed by atoms with Gasteiger partial charge in [-0.25, -0.2) is 8.78 Å². The van der Waals surface area contributed by atoms with Gasteiger partial charge in [0.05, 0.1) is 11.6 Å². The molecular formula is C39H40F5N3O3. The third-order valence-corrected chi connectivity index (χ3v) is 9.68. The molecule has 3 aliphatic rings. The highest BCUT2D eigenvalue weighted by Crippen LogP contribution is 2.46. The number of allylic oxidation sites excluding steroid dienone is 2. The number of nitrogens with zero attached hydrogens (tertiary/aromatic N) is 2. The Morgan fingerprint density at radius 2 is 1.80 bits per heavy atom. The summed E-state index contributed by atoms with van der Waals surface area (Å²) >= 11 is 0. The number of fused-ring (bicyclic) bond motifs is 6. The fourth-order valence-electron chi connectivity index (χ4n) is 6.96. The van der Waals surface area contributed by atoms with Gasteiger partial charge in [0, 0.05) is 44.0 Å². The first kappa shape index (κ1) is 35.3. The zero-order valence-corrected chi connectivity index (χ0v) is 28.2. The Labute approximate surface area is 288 Å². The number of halogens is 5. The first-order valence-electron chi connectivity index (χ1n) is 16.9. The number of benzene rings is 3. The minimum atomic E-state index is -4.87. The quantitative estimate of drug-likeness (QED) is 0.105. The predicted molar refractivity (Wildman–Crippen MR) is 181 cm³/mol. The summed E-state index contributed by atoms with van der Waals surface area (Å²) in [5.41, 5.74) is 2.43. The number of aldehydes is 1. The van der Waals surface area contributed by atoms with E-state index in [1.165, 1.54) is 18.1 Å². The molecule has 4 bridgehead atoms. The van der Waals surface area contributed by atoms with Crippen LogP contribution in [0, 0.1) is 12.7 Å². The molecule has 0 spiro atoms. The molecule has 1 unspecified atom stereocenters. The van der Waals surface area contributed by atoms with Crippen molar-refractivity contribution in [2.24, 2.45) is 0 Å². The topological polar surface area (TPSA) is 61.9 Å². The third-order valence-electron chi connectivity index (χ3n) is 9.68. The number of hydrogen-bond acceptors (Lipinski definition) is 5. The van der Waals surface area contributed by atoms with Crippen LogP contribution in [0.4, 0.5) is 22.0 Å². The predicted octanol–water partition coefficient (Wildman–Crippen LogP) is 8.64. The van der Waals surface area contributed by atoms with Crippen LogP contribution in [0.1, 0.15) is 72.9 Å². The second-order valence-electron chi connectivity index (χ2n) is 13.4. The van der Waals surface area contributed by atoms with Crippen LogP contribution in [0.2, 0.25) is 0 Å². The summed E-state index contributed by atoms with van der Waals surface area (Å²) in [6, 6.07) is 14.1. The fraction of sp³-hybridized carbons (Fsp3) is 0.385. The van der Waals surface area contributed by atoms with Crippen molar-refractivity contribution in [3.05, 3.63) is 106 Å². The number of ether oxygens (including phenoxy) is 1. The van der Waals surface area contributed by atoms with Gasteiger partial charge in [0.1, 0.15) is 35.8 Å². The number of rotatable bonds is 9. The van der Waals surface area contributed by atoms with Crippen molar-refractivity contribution in [1.82, 2.24) is 15.1 Å². The Morgan fingerprint density at radius 3 is 2.46 bits per heavy atom. The van der Waals surface area contributed by atoms with Crippen LogP contribution >= 0.6 is 0 Å². The van der Waals surface area contributed by atoms with Crippen molar-refractivity contribution in [3.8, 4) is 22.6 Å². The van der Waals surface area contributed by atoms with Crippen molar-refractivity contribution in [2.45, 2.75) is 69.9 Å². The maximum atomic E-state index is 16.3. The Bertz CT molecular complexity index is 1830. The molecule has 0 aromatic heterocycles. The lowest BCUT2D eigenvalue weighted by molar-refractivity contribution is -0.126. The van der Waals surface area contributed by atoms with E-state index in [1.807, 2.05) is 38.1 Å². The Morgan fingerprint density at radius 1 is 1.08 bits per heavy atom. The molecule has 3 aromatic carbocycles. The van der Waals surface area contributed by atoms with Crippen molar-refractivity contribution < 1.29 is 36.3 Å². The number of amides is 1. The van der Waals surface area contributed by atoms with Gasteiger partial charge in [0.2, 0.25) is 5.91 Å². The monoisotopic (exact) mass is 693 g/mol. The SMILES string of the molecule is CC[C@@H]1NC(=O)C(N(C)/C=C(CCN2CC(F)C2)\C(=C/C=O)C(F)(F)F)c2cccc(c2)Oc2cccc(C)c2-c2cc(C3CC3)c(F)c1c2. The number of hydrogen-bond donors (Lipinski definition) is 1. The molecule has 1 amide bonds. The second-order valence-corrected chi connectivity index (χ2v) is 13.4. The lowest BCUT2D eigenvalue weighted by atomic mass is 9.90. The zero-order chi connectivity index (χ0) is 35.7. The molecule has 2 fully saturated rings. The molecule has 6 nitrogen and oxygen atoms in total. The van der Waals surface area contributed by atoms with Crippen LogP contribution in [0.5, 0.6) is 11.5 Å². The summed E-state index contributed by atoms with van der Waals surface area (Å²) in [7, 11) is 1.48. The standard InChI is InChI=1S/C39H40F5N3O3/c1-4-33-31-19-27(18-30(36(31)41)24-11-12-24)35-23(2)7-5-10-34(35)50-29-9-6-8-25(17-29)37(38(49)45-33)46(3)20-26(13-15-47-21-28(40)22-47)32(14-16-48)39(42,43)44/h5-10,14,16-20,24,28,33,37H,4,11-13,15,21-22H2,1-3H3,(H,45,49)/b26-20-,32-14+/t33-,37?/m0/s1. The molecule has 2 aliphatic heterocycles. The van der Waals surface area contributed by atoms with E-state index in [0.29, 0.717) is 40.7 Å². The molecule has 1 saturated carbocycles. The van der Waals surface area contributed by atoms with Gasteiger partial charge in [-0.15, -0.1) is 0 Å². The molecule has 2 heterocycles. The number of alkyl halides is 4. The van der Waals surface area contributed by atoms with Crippen LogP contribution in [-0.4, -0.2) is 61.0 Å². The third kappa shape index (κ3) is 7.47. The molecule has 50 heavy (non-hydrogen) atoms. The molecule has 3 aromatic rings. The Kier molecular flexibility index (Phi) is 10.2. The van der Waals surface area contributed by atoms with Gasteiger partial charge in [-0.2, -0.15) is 13.2 Å². The van der Waals surface area contributed by atoms with Gasteiger partial charge in [-0.05, 0) is 103 Å². The van der Waals surface area contributed by atoms with Crippen LogP contribution in [0.15, 0.2) is 78.0 Å². The Balaban J connectivity index is 1.48. The van der Waals surface area contributed by atoms with E-state index in [-0.39, 0.29) is 49.6 Å². The first-order chi connectivity index (χ1) is 23.9. The van der Waals surface area contributed by atoms with Crippen LogP contribution in [0.3, 0.4) is 0 Å². The molecule has 1 saturated heterocycles. The summed E-state index contributed by atoms with van der Waals surface area (Å²) in [6.07, 6.45) is -2.23. The number of likely N-dealkylation sites (tertiary alicyclic amines) is 1. The number of carbonyl (C=O) groups is 2. The normalized spacial score (nSPS) is 20.4. The molecule has 2 atom stereocenters. The van der Waals surface area contributed by atoms with E-state index < -0.39 is 35.9 Å². The summed E-state index contributed by atoms with van der Waals surface area (Å²) in [6.45, 7) is 4.14. The molecule has 1 aliphatic carbocycles. The number of nitrogens with one attached hydrogen (secondary N) is 1. The summed E-state index contributed by atoms with van der Waals surface area (Å²) in [5.74, 6) is 0.0652. The largest absolute Gasteiger partial charge is 0.457 e. The average Bonchev–Trinajstić information content (AvgIpc) is 3.89. The van der Waals surface area contributed by atoms with Crippen molar-refractivity contribution >= 4 is 12.2 Å². The highest BCUT2D eigenvalue weighted by molar-refractivity contribution is 5.84. The van der Waals surface area contributed by atoms with Crippen molar-refractivity contribution in [2.75, 3.05) is 26.7 Å². The van der Waals surface area contributed by atoms with Gasteiger partial charge in [0.25, 0.3) is 0 Å². The lowest BCUT2D eigenvalue weighted by Gasteiger charge is -2.35. The lowest BCUT2D eigenvalue weighted by Crippen LogP contribution is -2.48. The van der Waals surface area contributed by atoms with E-state index in [0.717, 1.165) is 29.5 Å². The molecule has 0 radical (unpaired) electrons.